The molecule has 0 fully saturated rings. The molecule has 0 saturated heterocycles. The van der Waals surface area contributed by atoms with Crippen molar-refractivity contribution in [1.82, 2.24) is 0 Å². The van der Waals surface area contributed by atoms with Crippen molar-refractivity contribution in [1.29, 1.82) is 0 Å². The molecule has 160 valence electrons. The Labute approximate surface area is 177 Å². The summed E-state index contributed by atoms with van der Waals surface area (Å²) in [6.07, 6.45) is 4.14. The molecule has 0 saturated carbocycles. The Morgan fingerprint density at radius 1 is 1.10 bits per heavy atom. The van der Waals surface area contributed by atoms with Gasteiger partial charge in [0.15, 0.2) is 0 Å². The minimum absolute atomic E-state index is 0.0108. The van der Waals surface area contributed by atoms with E-state index >= 15 is 0 Å². The highest BCUT2D eigenvalue weighted by molar-refractivity contribution is 5.79. The van der Waals surface area contributed by atoms with Gasteiger partial charge in [-0.25, -0.2) is 0 Å². The first-order valence-corrected chi connectivity index (χ1v) is 10.9. The molecule has 0 spiro atoms. The maximum atomic E-state index is 13.2. The van der Waals surface area contributed by atoms with Gasteiger partial charge in [0, 0.05) is 6.42 Å². The van der Waals surface area contributed by atoms with E-state index in [-0.39, 0.29) is 12.2 Å². The molecule has 4 unspecified atom stereocenters. The minimum atomic E-state index is -1.60. The molecule has 0 aromatic heterocycles. The van der Waals surface area contributed by atoms with Crippen LogP contribution >= 0.6 is 0 Å². The molecule has 5 rings (SSSR count). The van der Waals surface area contributed by atoms with Gasteiger partial charge in [-0.05, 0) is 46.7 Å². The lowest BCUT2D eigenvalue weighted by atomic mass is 9.54. The highest BCUT2D eigenvalue weighted by Gasteiger charge is 2.62. The third-order valence-corrected chi connectivity index (χ3v) is 6.94. The van der Waals surface area contributed by atoms with E-state index in [9.17, 15) is 20.1 Å². The van der Waals surface area contributed by atoms with Crippen LogP contribution in [-0.4, -0.2) is 27.9 Å². The number of ether oxygens (including phenoxy) is 1. The van der Waals surface area contributed by atoms with Crippen LogP contribution in [-0.2, 0) is 20.7 Å². The van der Waals surface area contributed by atoms with E-state index in [1.165, 1.54) is 12.1 Å². The second kappa shape index (κ2) is 7.71. The summed E-state index contributed by atoms with van der Waals surface area (Å²) in [4.78, 5) is 13.2. The van der Waals surface area contributed by atoms with Gasteiger partial charge in [-0.3, -0.25) is 4.79 Å². The molecule has 2 bridgehead atoms. The lowest BCUT2D eigenvalue weighted by Crippen LogP contribution is -2.57. The zero-order chi connectivity index (χ0) is 21.5. The number of aromatic hydroxyl groups is 1. The number of rotatable bonds is 7. The third-order valence-electron chi connectivity index (χ3n) is 6.94. The molecule has 0 heterocycles. The lowest BCUT2D eigenvalue weighted by Gasteiger charge is -2.53. The molecule has 5 nitrogen and oxygen atoms in total. The molecule has 3 aliphatic rings. The van der Waals surface area contributed by atoms with E-state index in [0.717, 1.165) is 25.7 Å². The fraction of sp³-hybridized carbons (Fsp3) is 0.480. The largest absolute Gasteiger partial charge is 0.508 e. The standard InChI is InChI=1S/C25H30O5/c1-3-5-8-16(4-2)15-30-23(27)22-14-24(28)18-9-6-7-10-19(18)25(22,29)20-12-11-17(26)13-21(20)24/h6-7,9-13,16,22,26,28-29H,3-5,8,14-15H2,1-2H3. The van der Waals surface area contributed by atoms with E-state index in [2.05, 4.69) is 13.8 Å². The molecule has 2 aromatic carbocycles. The second-order valence-corrected chi connectivity index (χ2v) is 8.71. The fourth-order valence-electron chi connectivity index (χ4n) is 5.16. The number of hydrogen-bond acceptors (Lipinski definition) is 5. The van der Waals surface area contributed by atoms with E-state index in [1.807, 2.05) is 0 Å². The van der Waals surface area contributed by atoms with Gasteiger partial charge in [0.05, 0.1) is 12.5 Å². The summed E-state index contributed by atoms with van der Waals surface area (Å²) in [5, 5.41) is 33.6. The summed E-state index contributed by atoms with van der Waals surface area (Å²) in [5.41, 5.74) is -1.08. The predicted molar refractivity (Wildman–Crippen MR) is 113 cm³/mol. The van der Waals surface area contributed by atoms with E-state index in [0.29, 0.717) is 34.8 Å². The highest BCUT2D eigenvalue weighted by Crippen LogP contribution is 2.60. The van der Waals surface area contributed by atoms with Crippen molar-refractivity contribution in [3.05, 3.63) is 64.7 Å². The lowest BCUT2D eigenvalue weighted by molar-refractivity contribution is -0.168. The molecule has 4 atom stereocenters. The Balaban J connectivity index is 1.71. The van der Waals surface area contributed by atoms with Gasteiger partial charge in [0.25, 0.3) is 0 Å². The first-order chi connectivity index (χ1) is 14.4. The summed E-state index contributed by atoms with van der Waals surface area (Å²) in [7, 11) is 0. The summed E-state index contributed by atoms with van der Waals surface area (Å²) in [5.74, 6) is -1.10. The summed E-state index contributed by atoms with van der Waals surface area (Å²) >= 11 is 0. The van der Waals surface area contributed by atoms with Gasteiger partial charge in [0.2, 0.25) is 0 Å². The van der Waals surface area contributed by atoms with Crippen molar-refractivity contribution in [2.45, 2.75) is 57.2 Å². The topological polar surface area (TPSA) is 87.0 Å². The van der Waals surface area contributed by atoms with Crippen LogP contribution in [0.15, 0.2) is 42.5 Å². The molecular weight excluding hydrogens is 380 g/mol. The van der Waals surface area contributed by atoms with E-state index in [1.54, 1.807) is 30.3 Å². The van der Waals surface area contributed by atoms with Crippen LogP contribution in [0.25, 0.3) is 0 Å². The molecule has 0 radical (unpaired) electrons. The Kier molecular flexibility index (Phi) is 5.37. The summed E-state index contributed by atoms with van der Waals surface area (Å²) in [6.45, 7) is 4.55. The van der Waals surface area contributed by atoms with Crippen molar-refractivity contribution in [3.8, 4) is 5.75 Å². The van der Waals surface area contributed by atoms with Crippen LogP contribution in [0.4, 0.5) is 0 Å². The van der Waals surface area contributed by atoms with Gasteiger partial charge >= 0.3 is 5.97 Å². The van der Waals surface area contributed by atoms with Gasteiger partial charge in [-0.15, -0.1) is 0 Å². The average molecular weight is 411 g/mol. The van der Waals surface area contributed by atoms with Gasteiger partial charge in [0.1, 0.15) is 17.0 Å². The number of phenols is 1. The smallest absolute Gasteiger partial charge is 0.312 e. The van der Waals surface area contributed by atoms with Crippen LogP contribution in [0.1, 0.15) is 68.2 Å². The number of unbranched alkanes of at least 4 members (excludes halogenated alkanes) is 1. The molecule has 3 aliphatic carbocycles. The van der Waals surface area contributed by atoms with Crippen molar-refractivity contribution < 1.29 is 24.9 Å². The maximum absolute atomic E-state index is 13.2. The maximum Gasteiger partial charge on any atom is 0.312 e. The Morgan fingerprint density at radius 3 is 2.50 bits per heavy atom. The summed E-state index contributed by atoms with van der Waals surface area (Å²) < 4.78 is 5.69. The SMILES string of the molecule is CCCCC(CC)COC(=O)C1CC2(O)c3ccccc3C1(O)c1ccc(O)cc12. The van der Waals surface area contributed by atoms with Crippen molar-refractivity contribution in [2.75, 3.05) is 6.61 Å². The first-order valence-electron chi connectivity index (χ1n) is 10.9. The fourth-order valence-corrected chi connectivity index (χ4v) is 5.16. The highest BCUT2D eigenvalue weighted by atomic mass is 16.5. The second-order valence-electron chi connectivity index (χ2n) is 8.71. The van der Waals surface area contributed by atoms with Crippen LogP contribution in [0.5, 0.6) is 5.75 Å². The van der Waals surface area contributed by atoms with Gasteiger partial charge in [-0.1, -0.05) is 63.4 Å². The number of fused-ring (bicyclic) bond motifs is 1. The number of aliphatic hydroxyl groups is 2. The normalized spacial score (nSPS) is 27.3. The van der Waals surface area contributed by atoms with Crippen LogP contribution < -0.4 is 0 Å². The third kappa shape index (κ3) is 3.03. The molecule has 5 heteroatoms. The van der Waals surface area contributed by atoms with Gasteiger partial charge in [-0.2, -0.15) is 0 Å². The minimum Gasteiger partial charge on any atom is -0.508 e. The monoisotopic (exact) mass is 410 g/mol. The molecule has 3 N–H and O–H groups in total. The number of benzene rings is 2. The number of phenolic OH excluding ortho intramolecular Hbond substituents is 1. The summed E-state index contributed by atoms with van der Waals surface area (Å²) in [6, 6.07) is 11.7. The Bertz CT molecular complexity index is 954. The average Bonchev–Trinajstić information content (AvgIpc) is 2.75. The number of hydrogen-bond donors (Lipinski definition) is 3. The number of esters is 1. The van der Waals surface area contributed by atoms with Crippen molar-refractivity contribution in [3.63, 3.8) is 0 Å². The molecule has 30 heavy (non-hydrogen) atoms. The quantitative estimate of drug-likeness (QED) is 0.602. The van der Waals surface area contributed by atoms with E-state index < -0.39 is 23.1 Å². The van der Waals surface area contributed by atoms with Gasteiger partial charge < -0.3 is 20.1 Å². The number of carbonyl (C=O) groups excluding carboxylic acids is 1. The van der Waals surface area contributed by atoms with Crippen LogP contribution in [0, 0.1) is 11.8 Å². The van der Waals surface area contributed by atoms with Crippen LogP contribution in [0.3, 0.4) is 0 Å². The first kappa shape index (κ1) is 20.9. The van der Waals surface area contributed by atoms with Crippen molar-refractivity contribution >= 4 is 5.97 Å². The number of carbonyl (C=O) groups is 1. The van der Waals surface area contributed by atoms with Crippen molar-refractivity contribution in [2.24, 2.45) is 11.8 Å². The molecule has 2 aromatic rings. The molecule has 0 amide bonds. The van der Waals surface area contributed by atoms with E-state index in [4.69, 9.17) is 4.74 Å². The van der Waals surface area contributed by atoms with Crippen LogP contribution in [0.2, 0.25) is 0 Å². The zero-order valence-electron chi connectivity index (χ0n) is 17.6. The molecular formula is C25H30O5. The Hall–Kier alpha value is -2.37. The molecule has 0 aliphatic heterocycles. The Morgan fingerprint density at radius 2 is 1.80 bits per heavy atom. The zero-order valence-corrected chi connectivity index (χ0v) is 17.6. The predicted octanol–water partition coefficient (Wildman–Crippen LogP) is 3.96.